The van der Waals surface area contributed by atoms with Gasteiger partial charge in [0.2, 0.25) is 5.95 Å². The van der Waals surface area contributed by atoms with Crippen LogP contribution in [-0.2, 0) is 0 Å². The zero-order valence-electron chi connectivity index (χ0n) is 28.1. The lowest BCUT2D eigenvalue weighted by Crippen LogP contribution is -2.03. The van der Waals surface area contributed by atoms with Gasteiger partial charge in [-0.3, -0.25) is 4.57 Å². The number of rotatable bonds is 3. The summed E-state index contributed by atoms with van der Waals surface area (Å²) in [5, 5.41) is 10.7. The van der Waals surface area contributed by atoms with Crippen LogP contribution in [0.1, 0.15) is 0 Å². The average molecular weight is 692 g/mol. The van der Waals surface area contributed by atoms with Crippen LogP contribution in [0.25, 0.3) is 125 Å². The summed E-state index contributed by atoms with van der Waals surface area (Å²) in [6, 6.07) is 54.4. The van der Waals surface area contributed by atoms with Crippen LogP contribution in [0.5, 0.6) is 0 Å². The molecule has 53 heavy (non-hydrogen) atoms. The largest absolute Gasteiger partial charge is 0.456 e. The monoisotopic (exact) mass is 691 g/mol. The molecule has 4 aromatic heterocycles. The Labute approximate surface area is 305 Å². The minimum Gasteiger partial charge on any atom is -0.456 e. The maximum Gasteiger partial charge on any atom is 0.235 e. The van der Waals surface area contributed by atoms with Crippen LogP contribution in [0.15, 0.2) is 156 Å². The Hall–Kier alpha value is -6.82. The number of thiophene rings is 1. The van der Waals surface area contributed by atoms with Crippen LogP contribution in [0.2, 0.25) is 0 Å². The molecule has 0 bridgehead atoms. The number of aromatic nitrogens is 3. The van der Waals surface area contributed by atoms with Gasteiger partial charge in [0.1, 0.15) is 11.2 Å². The maximum atomic E-state index is 6.60. The van der Waals surface area contributed by atoms with Gasteiger partial charge < -0.3 is 4.42 Å². The number of hydrogen-bond acceptors (Lipinski definition) is 4. The highest BCUT2D eigenvalue weighted by Gasteiger charge is 2.29. The SMILES string of the molecule is c1ccc(-c2cc3c4c5c(cccc25)-c2cccc5oc6ccc(c4c6c25)n3-c2nc(-c3cccc4ccccc34)c3sc4ccccc4c3n2)cc1. The van der Waals surface area contributed by atoms with Gasteiger partial charge in [-0.1, -0.05) is 121 Å². The standard InChI is InChI=1S/C48H25N3OS/c1-2-11-27(12-3-1)34-25-36-43-40-29(17-9-18-31(34)40)30-19-10-21-37-41(30)44-38(52-37)24-23-35(42(43)44)51(36)48-49-45(32-20-8-14-26-13-4-5-15-28(26)32)47-46(50-48)33-16-6-7-22-39(33)53-47/h1-25H. The lowest BCUT2D eigenvalue weighted by Gasteiger charge is -2.15. The minimum absolute atomic E-state index is 0.660. The van der Waals surface area contributed by atoms with Crippen molar-refractivity contribution in [2.24, 2.45) is 0 Å². The molecule has 4 nitrogen and oxygen atoms in total. The molecule has 0 amide bonds. The second-order valence-corrected chi connectivity index (χ2v) is 15.1. The van der Waals surface area contributed by atoms with Crippen LogP contribution < -0.4 is 0 Å². The third kappa shape index (κ3) is 3.54. The molecule has 1 aliphatic rings. The first-order chi connectivity index (χ1) is 26.3. The third-order valence-electron chi connectivity index (χ3n) is 11.3. The lowest BCUT2D eigenvalue weighted by atomic mass is 9.90. The molecule has 8 aromatic carbocycles. The Bertz CT molecular complexity index is 3570. The fourth-order valence-corrected chi connectivity index (χ4v) is 10.3. The fourth-order valence-electron chi connectivity index (χ4n) is 9.17. The Morgan fingerprint density at radius 3 is 2.09 bits per heavy atom. The Morgan fingerprint density at radius 1 is 0.472 bits per heavy atom. The summed E-state index contributed by atoms with van der Waals surface area (Å²) >= 11 is 1.77. The van der Waals surface area contributed by atoms with E-state index < -0.39 is 0 Å². The Kier molecular flexibility index (Phi) is 5.22. The van der Waals surface area contributed by atoms with Gasteiger partial charge in [-0.15, -0.1) is 11.3 Å². The summed E-state index contributed by atoms with van der Waals surface area (Å²) < 4.78 is 11.2. The first-order valence-electron chi connectivity index (χ1n) is 17.9. The van der Waals surface area contributed by atoms with E-state index in [0.717, 1.165) is 59.8 Å². The van der Waals surface area contributed by atoms with Crippen molar-refractivity contribution in [3.05, 3.63) is 152 Å². The summed E-state index contributed by atoms with van der Waals surface area (Å²) in [6.45, 7) is 0. The number of furan rings is 1. The van der Waals surface area contributed by atoms with Crippen LogP contribution in [-0.4, -0.2) is 14.5 Å². The van der Waals surface area contributed by atoms with Crippen molar-refractivity contribution < 1.29 is 4.42 Å². The van der Waals surface area contributed by atoms with E-state index >= 15 is 0 Å². The molecule has 13 rings (SSSR count). The van der Waals surface area contributed by atoms with Crippen molar-refractivity contribution in [3.8, 4) is 39.5 Å². The molecule has 0 saturated carbocycles. The molecule has 1 aliphatic carbocycles. The molecule has 0 saturated heterocycles. The molecule has 0 radical (unpaired) electrons. The van der Waals surface area contributed by atoms with Crippen molar-refractivity contribution in [1.82, 2.24) is 14.5 Å². The van der Waals surface area contributed by atoms with Gasteiger partial charge in [0, 0.05) is 42.6 Å². The van der Waals surface area contributed by atoms with Crippen molar-refractivity contribution in [2.75, 3.05) is 0 Å². The second kappa shape index (κ2) is 9.94. The summed E-state index contributed by atoms with van der Waals surface area (Å²) in [5.74, 6) is 0.660. The van der Waals surface area contributed by atoms with Crippen molar-refractivity contribution in [1.29, 1.82) is 0 Å². The van der Waals surface area contributed by atoms with E-state index in [2.05, 4.69) is 156 Å². The molecular formula is C48H25N3OS. The van der Waals surface area contributed by atoms with Gasteiger partial charge in [0.05, 0.1) is 26.9 Å². The van der Waals surface area contributed by atoms with Crippen molar-refractivity contribution in [2.45, 2.75) is 0 Å². The second-order valence-electron chi connectivity index (χ2n) is 14.0. The van der Waals surface area contributed by atoms with E-state index in [1.165, 1.54) is 59.3 Å². The fraction of sp³-hybridized carbons (Fsp3) is 0. The Morgan fingerprint density at radius 2 is 1.17 bits per heavy atom. The number of hydrogen-bond donors (Lipinski definition) is 0. The smallest absolute Gasteiger partial charge is 0.235 e. The molecule has 0 unspecified atom stereocenters. The molecule has 0 N–H and O–H groups in total. The average Bonchev–Trinajstić information content (AvgIpc) is 3.86. The van der Waals surface area contributed by atoms with Crippen molar-refractivity contribution in [3.63, 3.8) is 0 Å². The minimum atomic E-state index is 0.660. The van der Waals surface area contributed by atoms with Crippen LogP contribution in [0.4, 0.5) is 0 Å². The molecule has 5 heteroatoms. The summed E-state index contributed by atoms with van der Waals surface area (Å²) in [7, 11) is 0. The van der Waals surface area contributed by atoms with Crippen LogP contribution in [0, 0.1) is 0 Å². The van der Waals surface area contributed by atoms with Gasteiger partial charge in [0.15, 0.2) is 0 Å². The zero-order valence-corrected chi connectivity index (χ0v) is 28.9. The molecule has 0 spiro atoms. The molecule has 12 aromatic rings. The molecular weight excluding hydrogens is 667 g/mol. The summed E-state index contributed by atoms with van der Waals surface area (Å²) in [5.41, 5.74) is 11.8. The Balaban J connectivity index is 1.27. The predicted molar refractivity (Wildman–Crippen MR) is 221 cm³/mol. The van der Waals surface area contributed by atoms with E-state index in [0.29, 0.717) is 5.95 Å². The summed E-state index contributed by atoms with van der Waals surface area (Å²) in [6.07, 6.45) is 0. The first kappa shape index (κ1) is 27.8. The highest BCUT2D eigenvalue weighted by molar-refractivity contribution is 7.26. The van der Waals surface area contributed by atoms with Gasteiger partial charge in [-0.2, -0.15) is 0 Å². The van der Waals surface area contributed by atoms with Gasteiger partial charge >= 0.3 is 0 Å². The normalized spacial score (nSPS) is 12.5. The molecule has 244 valence electrons. The van der Waals surface area contributed by atoms with E-state index in [-0.39, 0.29) is 0 Å². The quantitative estimate of drug-likeness (QED) is 0.185. The summed E-state index contributed by atoms with van der Waals surface area (Å²) in [4.78, 5) is 11.2. The van der Waals surface area contributed by atoms with E-state index in [1.807, 2.05) is 0 Å². The number of fused-ring (bicyclic) bond motifs is 5. The van der Waals surface area contributed by atoms with Gasteiger partial charge in [-0.25, -0.2) is 9.97 Å². The third-order valence-corrected chi connectivity index (χ3v) is 12.5. The topological polar surface area (TPSA) is 43.9 Å². The number of nitrogens with zero attached hydrogens (tertiary/aromatic N) is 3. The van der Waals surface area contributed by atoms with Crippen molar-refractivity contribution >= 4 is 96.9 Å². The first-order valence-corrected chi connectivity index (χ1v) is 18.7. The van der Waals surface area contributed by atoms with Gasteiger partial charge in [-0.05, 0) is 68.7 Å². The lowest BCUT2D eigenvalue weighted by molar-refractivity contribution is 0.669. The molecule has 4 heterocycles. The van der Waals surface area contributed by atoms with Gasteiger partial charge in [0.25, 0.3) is 0 Å². The predicted octanol–water partition coefficient (Wildman–Crippen LogP) is 13.5. The van der Waals surface area contributed by atoms with Crippen LogP contribution in [0.3, 0.4) is 0 Å². The van der Waals surface area contributed by atoms with E-state index in [1.54, 1.807) is 11.3 Å². The highest BCUT2D eigenvalue weighted by atomic mass is 32.1. The van der Waals surface area contributed by atoms with E-state index in [9.17, 15) is 0 Å². The molecule has 0 fully saturated rings. The molecule has 0 aliphatic heterocycles. The maximum absolute atomic E-state index is 6.60. The van der Waals surface area contributed by atoms with Crippen LogP contribution >= 0.6 is 11.3 Å². The zero-order chi connectivity index (χ0) is 34.4. The highest BCUT2D eigenvalue weighted by Crippen LogP contribution is 2.52. The number of benzene rings is 8. The molecule has 0 atom stereocenters. The van der Waals surface area contributed by atoms with E-state index in [4.69, 9.17) is 14.4 Å².